The van der Waals surface area contributed by atoms with Crippen LogP contribution in [0, 0.1) is 0 Å². The molecule has 8 nitrogen and oxygen atoms in total. The summed E-state index contributed by atoms with van der Waals surface area (Å²) >= 11 is 0. The maximum Gasteiger partial charge on any atom is 0.332 e. The van der Waals surface area contributed by atoms with Gasteiger partial charge in [0.05, 0.1) is 13.1 Å². The van der Waals surface area contributed by atoms with Crippen molar-refractivity contribution in [1.82, 2.24) is 24.1 Å². The van der Waals surface area contributed by atoms with E-state index in [-0.39, 0.29) is 23.5 Å². The molecule has 23 heavy (non-hydrogen) atoms. The van der Waals surface area contributed by atoms with Gasteiger partial charge >= 0.3 is 5.69 Å². The lowest BCUT2D eigenvalue weighted by atomic mass is 10.2. The highest BCUT2D eigenvalue weighted by atomic mass is 16.2. The first-order valence-corrected chi connectivity index (χ1v) is 7.05. The summed E-state index contributed by atoms with van der Waals surface area (Å²) in [6, 6.07) is 9.47. The SMILES string of the molecule is CC(=O)Cn1c(=O)n(C)c(=O)c2nnn(Cc3ccccc3)c21. The van der Waals surface area contributed by atoms with Crippen LogP contribution in [0.4, 0.5) is 0 Å². The summed E-state index contributed by atoms with van der Waals surface area (Å²) in [6.07, 6.45) is 0. The number of aromatic nitrogens is 5. The lowest BCUT2D eigenvalue weighted by Gasteiger charge is -2.10. The minimum atomic E-state index is -0.561. The molecule has 0 fully saturated rings. The molecular weight excluding hydrogens is 298 g/mol. The number of benzene rings is 1. The van der Waals surface area contributed by atoms with Crippen LogP contribution in [0.1, 0.15) is 12.5 Å². The number of ketones is 1. The second-order valence-corrected chi connectivity index (χ2v) is 5.34. The number of hydrogen-bond donors (Lipinski definition) is 0. The van der Waals surface area contributed by atoms with E-state index in [0.717, 1.165) is 10.1 Å². The number of fused-ring (bicyclic) bond motifs is 1. The Morgan fingerprint density at radius 2 is 1.87 bits per heavy atom. The minimum absolute atomic E-state index is 0.0734. The normalized spacial score (nSPS) is 11.0. The molecule has 0 unspecified atom stereocenters. The van der Waals surface area contributed by atoms with Gasteiger partial charge in [-0.05, 0) is 12.5 Å². The lowest BCUT2D eigenvalue weighted by Crippen LogP contribution is -2.39. The van der Waals surface area contributed by atoms with Crippen LogP contribution in [0.3, 0.4) is 0 Å². The second kappa shape index (κ2) is 5.64. The number of carbonyl (C=O) groups is 1. The number of nitrogens with zero attached hydrogens (tertiary/aromatic N) is 5. The van der Waals surface area contributed by atoms with Crippen LogP contribution in [0.25, 0.3) is 11.2 Å². The predicted octanol–water partition coefficient (Wildman–Crippen LogP) is -0.0710. The van der Waals surface area contributed by atoms with E-state index < -0.39 is 11.2 Å². The lowest BCUT2D eigenvalue weighted by molar-refractivity contribution is -0.117. The summed E-state index contributed by atoms with van der Waals surface area (Å²) in [6.45, 7) is 1.60. The second-order valence-electron chi connectivity index (χ2n) is 5.34. The third-order valence-corrected chi connectivity index (χ3v) is 3.55. The van der Waals surface area contributed by atoms with Crippen LogP contribution >= 0.6 is 0 Å². The predicted molar refractivity (Wildman–Crippen MR) is 83.3 cm³/mol. The van der Waals surface area contributed by atoms with Crippen LogP contribution in [-0.2, 0) is 24.9 Å². The van der Waals surface area contributed by atoms with E-state index in [1.807, 2.05) is 30.3 Å². The maximum atomic E-state index is 12.3. The molecule has 0 radical (unpaired) electrons. The first-order valence-electron chi connectivity index (χ1n) is 7.05. The van der Waals surface area contributed by atoms with Crippen LogP contribution < -0.4 is 11.2 Å². The molecule has 2 aromatic heterocycles. The highest BCUT2D eigenvalue weighted by Gasteiger charge is 2.18. The summed E-state index contributed by atoms with van der Waals surface area (Å²) in [7, 11) is 1.36. The molecule has 3 aromatic rings. The van der Waals surface area contributed by atoms with E-state index in [1.165, 1.54) is 23.2 Å². The number of rotatable bonds is 4. The Kier molecular flexibility index (Phi) is 3.65. The summed E-state index contributed by atoms with van der Waals surface area (Å²) in [5, 5.41) is 7.88. The Bertz CT molecular complexity index is 998. The zero-order valence-corrected chi connectivity index (χ0v) is 12.8. The zero-order valence-electron chi connectivity index (χ0n) is 12.8. The van der Waals surface area contributed by atoms with Gasteiger partial charge in [0.25, 0.3) is 5.56 Å². The Balaban J connectivity index is 2.26. The van der Waals surface area contributed by atoms with Crippen molar-refractivity contribution in [2.24, 2.45) is 7.05 Å². The first kappa shape index (κ1) is 14.9. The maximum absolute atomic E-state index is 12.3. The summed E-state index contributed by atoms with van der Waals surface area (Å²) in [5.41, 5.74) is 0.196. The van der Waals surface area contributed by atoms with E-state index >= 15 is 0 Å². The van der Waals surface area contributed by atoms with Gasteiger partial charge < -0.3 is 0 Å². The number of carbonyl (C=O) groups excluding carboxylic acids is 1. The Labute approximate surface area is 130 Å². The standard InChI is InChI=1S/C15H15N5O3/c1-10(21)8-19-13-12(14(22)18(2)15(19)23)16-17-20(13)9-11-6-4-3-5-7-11/h3-7H,8-9H2,1-2H3. The monoisotopic (exact) mass is 313 g/mol. The molecule has 0 aliphatic carbocycles. The van der Waals surface area contributed by atoms with Crippen molar-refractivity contribution < 1.29 is 4.79 Å². The minimum Gasteiger partial charge on any atom is -0.298 e. The van der Waals surface area contributed by atoms with E-state index in [9.17, 15) is 14.4 Å². The quantitative estimate of drug-likeness (QED) is 0.672. The van der Waals surface area contributed by atoms with Gasteiger partial charge in [-0.3, -0.25) is 18.7 Å². The molecule has 2 heterocycles. The van der Waals surface area contributed by atoms with Crippen molar-refractivity contribution in [1.29, 1.82) is 0 Å². The molecule has 0 aliphatic heterocycles. The fourth-order valence-corrected chi connectivity index (χ4v) is 2.46. The van der Waals surface area contributed by atoms with Gasteiger partial charge in [-0.1, -0.05) is 35.5 Å². The van der Waals surface area contributed by atoms with Crippen molar-refractivity contribution in [3.8, 4) is 0 Å². The summed E-state index contributed by atoms with van der Waals surface area (Å²) < 4.78 is 3.64. The van der Waals surface area contributed by atoms with Gasteiger partial charge in [0.15, 0.2) is 11.2 Å². The molecule has 1 aromatic carbocycles. The van der Waals surface area contributed by atoms with Crippen LogP contribution in [0.2, 0.25) is 0 Å². The van der Waals surface area contributed by atoms with Gasteiger partial charge in [0, 0.05) is 7.05 Å². The number of Topliss-reactive ketones (excluding diaryl/α,β-unsaturated/α-hetero) is 1. The molecule has 0 atom stereocenters. The van der Waals surface area contributed by atoms with E-state index in [2.05, 4.69) is 10.3 Å². The molecule has 0 saturated carbocycles. The Morgan fingerprint density at radius 3 is 2.52 bits per heavy atom. The first-order chi connectivity index (χ1) is 11.0. The van der Waals surface area contributed by atoms with Gasteiger partial charge in [0.2, 0.25) is 0 Å². The fourth-order valence-electron chi connectivity index (χ4n) is 2.46. The third kappa shape index (κ3) is 2.59. The van der Waals surface area contributed by atoms with Crippen LogP contribution in [-0.4, -0.2) is 29.9 Å². The molecule has 0 bridgehead atoms. The Morgan fingerprint density at radius 1 is 1.17 bits per heavy atom. The van der Waals surface area contributed by atoms with Crippen LogP contribution in [0.15, 0.2) is 39.9 Å². The molecule has 0 spiro atoms. The molecule has 0 amide bonds. The van der Waals surface area contributed by atoms with E-state index in [0.29, 0.717) is 6.54 Å². The van der Waals surface area contributed by atoms with Crippen molar-refractivity contribution in [3.05, 3.63) is 56.7 Å². The van der Waals surface area contributed by atoms with Crippen LogP contribution in [0.5, 0.6) is 0 Å². The molecular formula is C15H15N5O3. The summed E-state index contributed by atoms with van der Waals surface area (Å²) in [4.78, 5) is 36.0. The molecule has 118 valence electrons. The highest BCUT2D eigenvalue weighted by Crippen LogP contribution is 2.08. The molecule has 0 N–H and O–H groups in total. The van der Waals surface area contributed by atoms with Crippen molar-refractivity contribution in [2.45, 2.75) is 20.0 Å². The number of hydrogen-bond acceptors (Lipinski definition) is 5. The summed E-state index contributed by atoms with van der Waals surface area (Å²) in [5.74, 6) is -0.195. The van der Waals surface area contributed by atoms with Gasteiger partial charge in [0.1, 0.15) is 5.78 Å². The van der Waals surface area contributed by atoms with E-state index in [4.69, 9.17) is 0 Å². The Hall–Kier alpha value is -3.03. The van der Waals surface area contributed by atoms with Gasteiger partial charge in [-0.15, -0.1) is 5.10 Å². The molecule has 0 saturated heterocycles. The fraction of sp³-hybridized carbons (Fsp3) is 0.267. The average molecular weight is 313 g/mol. The van der Waals surface area contributed by atoms with Crippen molar-refractivity contribution >= 4 is 16.9 Å². The van der Waals surface area contributed by atoms with E-state index in [1.54, 1.807) is 0 Å². The van der Waals surface area contributed by atoms with Gasteiger partial charge in [-0.2, -0.15) is 0 Å². The molecule has 0 aliphatic rings. The zero-order chi connectivity index (χ0) is 16.6. The van der Waals surface area contributed by atoms with Crippen molar-refractivity contribution in [2.75, 3.05) is 0 Å². The highest BCUT2D eigenvalue weighted by molar-refractivity contribution is 5.77. The molecule has 8 heteroatoms. The third-order valence-electron chi connectivity index (χ3n) is 3.55. The largest absolute Gasteiger partial charge is 0.332 e. The smallest absolute Gasteiger partial charge is 0.298 e. The van der Waals surface area contributed by atoms with Gasteiger partial charge in [-0.25, -0.2) is 9.48 Å². The molecule has 3 rings (SSSR count). The average Bonchev–Trinajstić information content (AvgIpc) is 2.94. The topological polar surface area (TPSA) is 91.8 Å². The van der Waals surface area contributed by atoms with Crippen molar-refractivity contribution in [3.63, 3.8) is 0 Å².